The van der Waals surface area contributed by atoms with E-state index in [9.17, 15) is 4.79 Å². The van der Waals surface area contributed by atoms with Gasteiger partial charge in [-0.15, -0.1) is 11.3 Å². The molecule has 0 unspecified atom stereocenters. The molecule has 3 nitrogen and oxygen atoms in total. The van der Waals surface area contributed by atoms with Gasteiger partial charge >= 0.3 is 0 Å². The highest BCUT2D eigenvalue weighted by Crippen LogP contribution is 2.35. The molecular formula is C17H16N2OS. The quantitative estimate of drug-likeness (QED) is 0.774. The molecule has 0 saturated carbocycles. The Morgan fingerprint density at radius 3 is 2.76 bits per heavy atom. The maximum absolute atomic E-state index is 11.4. The van der Waals surface area contributed by atoms with Crippen molar-refractivity contribution >= 4 is 33.1 Å². The SMILES string of the molecule is CCc1ccc(-c2nc3ccccc3s2)c(NC(C)=O)c1. The average Bonchev–Trinajstić information content (AvgIpc) is 2.90. The third-order valence-electron chi connectivity index (χ3n) is 3.33. The van der Waals surface area contributed by atoms with E-state index in [2.05, 4.69) is 29.4 Å². The van der Waals surface area contributed by atoms with E-state index in [1.54, 1.807) is 11.3 Å². The van der Waals surface area contributed by atoms with Crippen molar-refractivity contribution in [2.45, 2.75) is 20.3 Å². The van der Waals surface area contributed by atoms with Crippen LogP contribution in [-0.4, -0.2) is 10.9 Å². The van der Waals surface area contributed by atoms with Crippen LogP contribution in [0.25, 0.3) is 20.8 Å². The molecule has 0 radical (unpaired) electrons. The minimum atomic E-state index is -0.0642. The Morgan fingerprint density at radius 2 is 2.05 bits per heavy atom. The van der Waals surface area contributed by atoms with E-state index in [1.807, 2.05) is 30.3 Å². The lowest BCUT2D eigenvalue weighted by Gasteiger charge is -2.09. The predicted octanol–water partition coefficient (Wildman–Crippen LogP) is 4.48. The standard InChI is InChI=1S/C17H16N2OS/c1-3-12-8-9-13(15(10-12)18-11(2)20)17-19-14-6-4-5-7-16(14)21-17/h4-10H,3H2,1-2H3,(H,18,20). The van der Waals surface area contributed by atoms with E-state index in [0.29, 0.717) is 0 Å². The molecule has 4 heteroatoms. The number of carbonyl (C=O) groups excluding carboxylic acids is 1. The monoisotopic (exact) mass is 296 g/mol. The molecule has 0 aliphatic heterocycles. The van der Waals surface area contributed by atoms with Crippen molar-refractivity contribution in [1.82, 2.24) is 4.98 Å². The van der Waals surface area contributed by atoms with Gasteiger partial charge in [-0.05, 0) is 36.2 Å². The Labute approximate surface area is 127 Å². The molecule has 0 fully saturated rings. The molecule has 0 spiro atoms. The van der Waals surface area contributed by atoms with Gasteiger partial charge in [-0.2, -0.15) is 0 Å². The first kappa shape index (κ1) is 13.8. The van der Waals surface area contributed by atoms with Crippen LogP contribution in [0.15, 0.2) is 42.5 Å². The van der Waals surface area contributed by atoms with Crippen molar-refractivity contribution in [2.24, 2.45) is 0 Å². The number of aryl methyl sites for hydroxylation is 1. The molecule has 2 aromatic carbocycles. The van der Waals surface area contributed by atoms with Crippen molar-refractivity contribution in [3.05, 3.63) is 48.0 Å². The molecule has 3 rings (SSSR count). The van der Waals surface area contributed by atoms with E-state index in [1.165, 1.54) is 12.5 Å². The third-order valence-corrected chi connectivity index (χ3v) is 4.40. The van der Waals surface area contributed by atoms with Gasteiger partial charge in [0.05, 0.1) is 15.9 Å². The number of nitrogens with zero attached hydrogens (tertiary/aromatic N) is 1. The van der Waals surface area contributed by atoms with Crippen LogP contribution < -0.4 is 5.32 Å². The van der Waals surface area contributed by atoms with Crippen LogP contribution in [0.3, 0.4) is 0 Å². The summed E-state index contributed by atoms with van der Waals surface area (Å²) in [5.74, 6) is -0.0642. The number of para-hydroxylation sites is 1. The molecule has 1 aromatic heterocycles. The highest BCUT2D eigenvalue weighted by Gasteiger charge is 2.12. The predicted molar refractivity (Wildman–Crippen MR) is 88.7 cm³/mol. The first-order valence-corrected chi connectivity index (χ1v) is 7.75. The molecule has 0 atom stereocenters. The van der Waals surface area contributed by atoms with E-state index in [4.69, 9.17) is 0 Å². The minimum Gasteiger partial charge on any atom is -0.326 e. The fourth-order valence-corrected chi connectivity index (χ4v) is 3.28. The van der Waals surface area contributed by atoms with Crippen LogP contribution in [0.1, 0.15) is 19.4 Å². The van der Waals surface area contributed by atoms with Crippen molar-refractivity contribution in [3.63, 3.8) is 0 Å². The van der Waals surface area contributed by atoms with Crippen molar-refractivity contribution in [3.8, 4) is 10.6 Å². The second-order valence-electron chi connectivity index (χ2n) is 4.90. The van der Waals surface area contributed by atoms with Gasteiger partial charge < -0.3 is 5.32 Å². The van der Waals surface area contributed by atoms with Gasteiger partial charge in [0.15, 0.2) is 0 Å². The van der Waals surface area contributed by atoms with Crippen LogP contribution in [0.4, 0.5) is 5.69 Å². The Balaban J connectivity index is 2.13. The van der Waals surface area contributed by atoms with Gasteiger partial charge in [0, 0.05) is 12.5 Å². The molecule has 106 valence electrons. The summed E-state index contributed by atoms with van der Waals surface area (Å²) in [6.45, 7) is 3.63. The zero-order valence-corrected chi connectivity index (χ0v) is 12.8. The largest absolute Gasteiger partial charge is 0.326 e. The van der Waals surface area contributed by atoms with Crippen LogP contribution in [0, 0.1) is 0 Å². The van der Waals surface area contributed by atoms with Crippen LogP contribution in [-0.2, 0) is 11.2 Å². The second-order valence-corrected chi connectivity index (χ2v) is 5.93. The number of nitrogens with one attached hydrogen (secondary N) is 1. The fourth-order valence-electron chi connectivity index (χ4n) is 2.28. The molecular weight excluding hydrogens is 280 g/mol. The summed E-state index contributed by atoms with van der Waals surface area (Å²) in [5.41, 5.74) is 4.00. The molecule has 0 aliphatic carbocycles. The molecule has 1 heterocycles. The molecule has 0 bridgehead atoms. The zero-order chi connectivity index (χ0) is 14.8. The van der Waals surface area contributed by atoms with Gasteiger partial charge in [0.1, 0.15) is 5.01 Å². The number of rotatable bonds is 3. The smallest absolute Gasteiger partial charge is 0.221 e. The number of aromatic nitrogens is 1. The summed E-state index contributed by atoms with van der Waals surface area (Å²) >= 11 is 1.64. The number of hydrogen-bond donors (Lipinski definition) is 1. The third kappa shape index (κ3) is 2.81. The van der Waals surface area contributed by atoms with Crippen molar-refractivity contribution in [2.75, 3.05) is 5.32 Å². The number of anilines is 1. The van der Waals surface area contributed by atoms with E-state index >= 15 is 0 Å². The second kappa shape index (κ2) is 5.66. The summed E-state index contributed by atoms with van der Waals surface area (Å²) < 4.78 is 1.15. The first-order chi connectivity index (χ1) is 10.2. The summed E-state index contributed by atoms with van der Waals surface area (Å²) in [6, 6.07) is 14.2. The maximum Gasteiger partial charge on any atom is 0.221 e. The highest BCUT2D eigenvalue weighted by atomic mass is 32.1. The van der Waals surface area contributed by atoms with Crippen LogP contribution in [0.5, 0.6) is 0 Å². The topological polar surface area (TPSA) is 42.0 Å². The molecule has 21 heavy (non-hydrogen) atoms. The number of fused-ring (bicyclic) bond motifs is 1. The minimum absolute atomic E-state index is 0.0642. The highest BCUT2D eigenvalue weighted by molar-refractivity contribution is 7.21. The first-order valence-electron chi connectivity index (χ1n) is 6.94. The van der Waals surface area contributed by atoms with Gasteiger partial charge in [0.25, 0.3) is 0 Å². The number of amides is 1. The summed E-state index contributed by atoms with van der Waals surface area (Å²) in [5, 5.41) is 3.85. The molecule has 1 N–H and O–H groups in total. The van der Waals surface area contributed by atoms with Gasteiger partial charge in [0.2, 0.25) is 5.91 Å². The van der Waals surface area contributed by atoms with Crippen molar-refractivity contribution in [1.29, 1.82) is 0 Å². The van der Waals surface area contributed by atoms with E-state index < -0.39 is 0 Å². The van der Waals surface area contributed by atoms with Crippen LogP contribution in [0.2, 0.25) is 0 Å². The Morgan fingerprint density at radius 1 is 1.24 bits per heavy atom. The zero-order valence-electron chi connectivity index (χ0n) is 12.0. The van der Waals surface area contributed by atoms with Gasteiger partial charge in [-0.3, -0.25) is 4.79 Å². The Kier molecular flexibility index (Phi) is 3.71. The molecule has 0 saturated heterocycles. The number of hydrogen-bond acceptors (Lipinski definition) is 3. The number of benzene rings is 2. The number of carbonyl (C=O) groups is 1. The van der Waals surface area contributed by atoms with Crippen LogP contribution >= 0.6 is 11.3 Å². The summed E-state index contributed by atoms with van der Waals surface area (Å²) in [6.07, 6.45) is 0.937. The lowest BCUT2D eigenvalue weighted by Crippen LogP contribution is -2.07. The normalized spacial score (nSPS) is 10.8. The molecule has 1 amide bonds. The summed E-state index contributed by atoms with van der Waals surface area (Å²) in [7, 11) is 0. The van der Waals surface area contributed by atoms with Gasteiger partial charge in [-0.25, -0.2) is 4.98 Å². The average molecular weight is 296 g/mol. The molecule has 0 aliphatic rings. The van der Waals surface area contributed by atoms with E-state index in [-0.39, 0.29) is 5.91 Å². The Bertz CT molecular complexity index is 774. The lowest BCUT2D eigenvalue weighted by atomic mass is 10.1. The lowest BCUT2D eigenvalue weighted by molar-refractivity contribution is -0.114. The maximum atomic E-state index is 11.4. The summed E-state index contributed by atoms with van der Waals surface area (Å²) in [4.78, 5) is 16.1. The number of thiazole rings is 1. The van der Waals surface area contributed by atoms with E-state index in [0.717, 1.165) is 32.9 Å². The van der Waals surface area contributed by atoms with Crippen molar-refractivity contribution < 1.29 is 4.79 Å². The molecule has 3 aromatic rings. The Hall–Kier alpha value is -2.20. The fraction of sp³-hybridized carbons (Fsp3) is 0.176. The van der Waals surface area contributed by atoms with Gasteiger partial charge in [-0.1, -0.05) is 25.1 Å².